The first-order valence-corrected chi connectivity index (χ1v) is 7.20. The Morgan fingerprint density at radius 1 is 1.10 bits per heavy atom. The molecule has 20 heavy (non-hydrogen) atoms. The van der Waals surface area contributed by atoms with E-state index in [9.17, 15) is 4.39 Å². The predicted molar refractivity (Wildman–Crippen MR) is 83.7 cm³/mol. The highest BCUT2D eigenvalue weighted by Crippen LogP contribution is 2.28. The van der Waals surface area contributed by atoms with Crippen molar-refractivity contribution in [3.8, 4) is 0 Å². The molecule has 0 aliphatic heterocycles. The monoisotopic (exact) mass is 291 g/mol. The maximum absolute atomic E-state index is 13.9. The van der Waals surface area contributed by atoms with Crippen LogP contribution in [0.2, 0.25) is 5.02 Å². The second-order valence-electron chi connectivity index (χ2n) is 5.36. The molecule has 2 aromatic carbocycles. The molecule has 0 aliphatic rings. The zero-order valence-corrected chi connectivity index (χ0v) is 12.5. The molecule has 0 heterocycles. The molecule has 0 aromatic heterocycles. The van der Waals surface area contributed by atoms with Gasteiger partial charge in [-0.15, -0.1) is 0 Å². The molecule has 1 N–H and O–H groups in total. The number of rotatable bonds is 5. The van der Waals surface area contributed by atoms with Gasteiger partial charge >= 0.3 is 0 Å². The third-order valence-electron chi connectivity index (χ3n) is 3.17. The minimum Gasteiger partial charge on any atom is -0.376 e. The van der Waals surface area contributed by atoms with Crippen LogP contribution >= 0.6 is 11.6 Å². The molecule has 2 aromatic rings. The van der Waals surface area contributed by atoms with Crippen molar-refractivity contribution < 1.29 is 4.39 Å². The van der Waals surface area contributed by atoms with Crippen molar-refractivity contribution in [1.29, 1.82) is 0 Å². The molecule has 1 atom stereocenters. The third kappa shape index (κ3) is 3.97. The smallest absolute Gasteiger partial charge is 0.147 e. The van der Waals surface area contributed by atoms with Gasteiger partial charge in [-0.1, -0.05) is 55.8 Å². The lowest BCUT2D eigenvalue weighted by atomic mass is 9.96. The number of benzene rings is 2. The minimum absolute atomic E-state index is 0.0897. The van der Waals surface area contributed by atoms with Gasteiger partial charge in [0.1, 0.15) is 5.82 Å². The van der Waals surface area contributed by atoms with Crippen LogP contribution in [-0.2, 0) is 0 Å². The van der Waals surface area contributed by atoms with Crippen molar-refractivity contribution in [2.45, 2.75) is 26.3 Å². The fourth-order valence-electron chi connectivity index (χ4n) is 2.23. The Morgan fingerprint density at radius 3 is 2.40 bits per heavy atom. The van der Waals surface area contributed by atoms with Gasteiger partial charge in [0.25, 0.3) is 0 Å². The van der Waals surface area contributed by atoms with Gasteiger partial charge in [-0.05, 0) is 36.1 Å². The van der Waals surface area contributed by atoms with E-state index in [1.165, 1.54) is 6.07 Å². The zero-order valence-electron chi connectivity index (χ0n) is 11.7. The lowest BCUT2D eigenvalue weighted by Crippen LogP contribution is -2.14. The summed E-state index contributed by atoms with van der Waals surface area (Å²) in [6.45, 7) is 4.33. The largest absolute Gasteiger partial charge is 0.376 e. The van der Waals surface area contributed by atoms with Gasteiger partial charge in [0.05, 0.1) is 11.7 Å². The molecule has 106 valence electrons. The van der Waals surface area contributed by atoms with Crippen LogP contribution in [0.5, 0.6) is 0 Å². The van der Waals surface area contributed by atoms with Gasteiger partial charge in [-0.3, -0.25) is 0 Å². The van der Waals surface area contributed by atoms with E-state index in [2.05, 4.69) is 31.3 Å². The van der Waals surface area contributed by atoms with Crippen molar-refractivity contribution in [2.24, 2.45) is 5.92 Å². The highest BCUT2D eigenvalue weighted by Gasteiger charge is 2.15. The number of halogens is 2. The lowest BCUT2D eigenvalue weighted by molar-refractivity contribution is 0.527. The lowest BCUT2D eigenvalue weighted by Gasteiger charge is -2.22. The van der Waals surface area contributed by atoms with Crippen molar-refractivity contribution in [1.82, 2.24) is 0 Å². The highest BCUT2D eigenvalue weighted by molar-refractivity contribution is 6.30. The van der Waals surface area contributed by atoms with Crippen LogP contribution in [0.15, 0.2) is 48.5 Å². The number of hydrogen-bond donors (Lipinski definition) is 1. The van der Waals surface area contributed by atoms with E-state index < -0.39 is 0 Å². The summed E-state index contributed by atoms with van der Waals surface area (Å²) in [5, 5.41) is 3.70. The molecular formula is C17H19ClFN. The fourth-order valence-corrected chi connectivity index (χ4v) is 2.39. The average molecular weight is 292 g/mol. The normalized spacial score (nSPS) is 12.4. The summed E-state index contributed by atoms with van der Waals surface area (Å²) in [6.07, 6.45) is 0.937. The molecule has 0 fully saturated rings. The summed E-state index contributed by atoms with van der Waals surface area (Å²) in [5.41, 5.74) is 1.65. The van der Waals surface area contributed by atoms with Crippen molar-refractivity contribution in [3.05, 3.63) is 64.9 Å². The van der Waals surface area contributed by atoms with E-state index in [4.69, 9.17) is 11.6 Å². The first kappa shape index (κ1) is 14.9. The first-order valence-electron chi connectivity index (χ1n) is 6.83. The summed E-state index contributed by atoms with van der Waals surface area (Å²) in [6, 6.07) is 14.9. The second kappa shape index (κ2) is 6.76. The summed E-state index contributed by atoms with van der Waals surface area (Å²) in [5.74, 6) is 0.199. The second-order valence-corrected chi connectivity index (χ2v) is 5.80. The quantitative estimate of drug-likeness (QED) is 0.747. The van der Waals surface area contributed by atoms with Gasteiger partial charge in [0.15, 0.2) is 0 Å². The van der Waals surface area contributed by atoms with Gasteiger partial charge in [-0.2, -0.15) is 0 Å². The van der Waals surface area contributed by atoms with E-state index in [-0.39, 0.29) is 11.9 Å². The van der Waals surface area contributed by atoms with Crippen molar-refractivity contribution in [3.63, 3.8) is 0 Å². The van der Waals surface area contributed by atoms with Crippen LogP contribution in [0.4, 0.5) is 10.1 Å². The fraction of sp³-hybridized carbons (Fsp3) is 0.294. The number of hydrogen-bond acceptors (Lipinski definition) is 1. The Kier molecular flexibility index (Phi) is 5.02. The molecular weight excluding hydrogens is 273 g/mol. The molecule has 0 spiro atoms. The van der Waals surface area contributed by atoms with Crippen LogP contribution in [0.1, 0.15) is 31.9 Å². The van der Waals surface area contributed by atoms with Gasteiger partial charge in [0, 0.05) is 5.02 Å². The average Bonchev–Trinajstić information content (AvgIpc) is 2.41. The third-order valence-corrected chi connectivity index (χ3v) is 3.41. The van der Waals surface area contributed by atoms with Crippen LogP contribution in [0, 0.1) is 11.7 Å². The van der Waals surface area contributed by atoms with E-state index in [1.54, 1.807) is 12.1 Å². The van der Waals surface area contributed by atoms with Crippen LogP contribution in [-0.4, -0.2) is 0 Å². The van der Waals surface area contributed by atoms with Gasteiger partial charge in [-0.25, -0.2) is 4.39 Å². The minimum atomic E-state index is -0.317. The SMILES string of the molecule is CC(C)CC(Nc1ccc(Cl)cc1F)c1ccccc1. The Balaban J connectivity index is 2.24. The van der Waals surface area contributed by atoms with Crippen molar-refractivity contribution >= 4 is 17.3 Å². The molecule has 1 unspecified atom stereocenters. The van der Waals surface area contributed by atoms with E-state index in [0.29, 0.717) is 16.6 Å². The summed E-state index contributed by atoms with van der Waals surface area (Å²) < 4.78 is 13.9. The van der Waals surface area contributed by atoms with Crippen molar-refractivity contribution in [2.75, 3.05) is 5.32 Å². The standard InChI is InChI=1S/C17H19ClFN/c1-12(2)10-17(13-6-4-3-5-7-13)20-16-9-8-14(18)11-15(16)19/h3-9,11-12,17,20H,10H2,1-2H3. The van der Waals surface area contributed by atoms with Gasteiger partial charge in [0.2, 0.25) is 0 Å². The molecule has 2 rings (SSSR count). The Morgan fingerprint density at radius 2 is 1.80 bits per heavy atom. The molecule has 0 amide bonds. The first-order chi connectivity index (χ1) is 9.56. The summed E-state index contributed by atoms with van der Waals surface area (Å²) in [4.78, 5) is 0. The van der Waals surface area contributed by atoms with E-state index in [0.717, 1.165) is 12.0 Å². The van der Waals surface area contributed by atoms with E-state index >= 15 is 0 Å². The Hall–Kier alpha value is -1.54. The Labute approximate surface area is 124 Å². The zero-order chi connectivity index (χ0) is 14.5. The molecule has 0 saturated heterocycles. The topological polar surface area (TPSA) is 12.0 Å². The molecule has 1 nitrogen and oxygen atoms in total. The molecule has 0 bridgehead atoms. The number of nitrogens with one attached hydrogen (secondary N) is 1. The molecule has 0 aliphatic carbocycles. The molecule has 0 radical (unpaired) electrons. The van der Waals surface area contributed by atoms with Crippen LogP contribution in [0.3, 0.4) is 0 Å². The predicted octanol–water partition coefficient (Wildman–Crippen LogP) is 5.68. The maximum atomic E-state index is 13.9. The summed E-state index contributed by atoms with van der Waals surface area (Å²) in [7, 11) is 0. The molecule has 3 heteroatoms. The van der Waals surface area contributed by atoms with E-state index in [1.807, 2.05) is 18.2 Å². The van der Waals surface area contributed by atoms with Gasteiger partial charge < -0.3 is 5.32 Å². The number of anilines is 1. The molecule has 0 saturated carbocycles. The van der Waals surface area contributed by atoms with Crippen LogP contribution < -0.4 is 5.32 Å². The highest BCUT2D eigenvalue weighted by atomic mass is 35.5. The maximum Gasteiger partial charge on any atom is 0.147 e. The Bertz CT molecular complexity index is 554. The van der Waals surface area contributed by atoms with Crippen LogP contribution in [0.25, 0.3) is 0 Å². The summed E-state index contributed by atoms with van der Waals surface area (Å²) >= 11 is 5.79.